The minimum absolute atomic E-state index is 0.0702. The maximum absolute atomic E-state index is 13.8. The zero-order chi connectivity index (χ0) is 12.6. The van der Waals surface area contributed by atoms with E-state index in [4.69, 9.17) is 10.2 Å². The van der Waals surface area contributed by atoms with Gasteiger partial charge in [0.25, 0.3) is 0 Å². The molecule has 2 aromatic rings. The molecule has 17 heavy (non-hydrogen) atoms. The Balaban J connectivity index is 2.51. The molecule has 3 nitrogen and oxygen atoms in total. The topological polar surface area (TPSA) is 56.2 Å². The molecular weight excluding hydrogens is 289 g/mol. The Kier molecular flexibility index (Phi) is 3.02. The fourth-order valence-electron chi connectivity index (χ4n) is 1.53. The van der Waals surface area contributed by atoms with Gasteiger partial charge in [0.1, 0.15) is 5.82 Å². The molecule has 0 saturated heterocycles. The summed E-state index contributed by atoms with van der Waals surface area (Å²) in [7, 11) is 0. The molecule has 0 fully saturated rings. The van der Waals surface area contributed by atoms with Gasteiger partial charge in [0.15, 0.2) is 10.4 Å². The van der Waals surface area contributed by atoms with Crippen LogP contribution < -0.4 is 5.73 Å². The van der Waals surface area contributed by atoms with Crippen molar-refractivity contribution in [1.82, 2.24) is 0 Å². The summed E-state index contributed by atoms with van der Waals surface area (Å²) in [6, 6.07) is 5.83. The van der Waals surface area contributed by atoms with Crippen LogP contribution in [0.3, 0.4) is 0 Å². The number of hydrogen-bond acceptors (Lipinski definition) is 3. The van der Waals surface area contributed by atoms with Crippen LogP contribution in [0.5, 0.6) is 0 Å². The van der Waals surface area contributed by atoms with Gasteiger partial charge in [-0.3, -0.25) is 4.79 Å². The smallest absolute Gasteiger partial charge is 0.231 e. The maximum atomic E-state index is 13.8. The van der Waals surface area contributed by atoms with Crippen LogP contribution in [0.1, 0.15) is 21.7 Å². The minimum Gasteiger partial charge on any atom is -0.446 e. The number of nitrogens with two attached hydrogens (primary N) is 1. The highest BCUT2D eigenvalue weighted by Gasteiger charge is 2.19. The summed E-state index contributed by atoms with van der Waals surface area (Å²) in [4.78, 5) is 12.0. The van der Waals surface area contributed by atoms with Gasteiger partial charge in [0, 0.05) is 5.69 Å². The normalized spacial score (nSPS) is 10.5. The third-order valence-electron chi connectivity index (χ3n) is 2.32. The van der Waals surface area contributed by atoms with Gasteiger partial charge in [-0.1, -0.05) is 0 Å². The average Bonchev–Trinajstić information content (AvgIpc) is 2.69. The zero-order valence-electron chi connectivity index (χ0n) is 8.96. The third-order valence-corrected chi connectivity index (χ3v) is 2.74. The van der Waals surface area contributed by atoms with Gasteiger partial charge in [0.05, 0.1) is 5.56 Å². The standard InChI is InChI=1S/C12H9BrFNO2/c1-6-4-7(15)5-8(11(6)14)12(16)9-2-3-10(13)17-9/h2-5H,15H2,1H3. The minimum atomic E-state index is -0.572. The lowest BCUT2D eigenvalue weighted by atomic mass is 10.0. The highest BCUT2D eigenvalue weighted by atomic mass is 79.9. The van der Waals surface area contributed by atoms with E-state index in [0.717, 1.165) is 0 Å². The van der Waals surface area contributed by atoms with Gasteiger partial charge in [-0.05, 0) is 52.7 Å². The zero-order valence-corrected chi connectivity index (χ0v) is 10.5. The number of carbonyl (C=O) groups excluding carboxylic acids is 1. The van der Waals surface area contributed by atoms with E-state index < -0.39 is 11.6 Å². The summed E-state index contributed by atoms with van der Waals surface area (Å²) in [5.74, 6) is -1.03. The van der Waals surface area contributed by atoms with E-state index in [1.807, 2.05) is 0 Å². The molecule has 0 amide bonds. The molecule has 0 radical (unpaired) electrons. The number of anilines is 1. The van der Waals surface area contributed by atoms with Crippen LogP contribution in [-0.4, -0.2) is 5.78 Å². The summed E-state index contributed by atoms with van der Waals surface area (Å²) >= 11 is 3.08. The second-order valence-corrected chi connectivity index (χ2v) is 4.41. The van der Waals surface area contributed by atoms with Gasteiger partial charge in [0.2, 0.25) is 5.78 Å². The molecule has 5 heteroatoms. The molecular formula is C12H9BrFNO2. The Hall–Kier alpha value is -1.62. The van der Waals surface area contributed by atoms with Gasteiger partial charge < -0.3 is 10.2 Å². The monoisotopic (exact) mass is 297 g/mol. The van der Waals surface area contributed by atoms with Crippen molar-refractivity contribution in [2.75, 3.05) is 5.73 Å². The molecule has 0 aliphatic carbocycles. The Bertz CT molecular complexity index is 592. The third kappa shape index (κ3) is 2.24. The molecule has 0 saturated carbocycles. The molecule has 0 spiro atoms. The lowest BCUT2D eigenvalue weighted by molar-refractivity contribution is 0.100. The van der Waals surface area contributed by atoms with Crippen molar-refractivity contribution in [1.29, 1.82) is 0 Å². The van der Waals surface area contributed by atoms with Crippen LogP contribution in [0.15, 0.2) is 33.4 Å². The molecule has 1 aromatic carbocycles. The van der Waals surface area contributed by atoms with Crippen molar-refractivity contribution >= 4 is 27.4 Å². The number of hydrogen-bond donors (Lipinski definition) is 1. The quantitative estimate of drug-likeness (QED) is 0.683. The highest BCUT2D eigenvalue weighted by Crippen LogP contribution is 2.22. The highest BCUT2D eigenvalue weighted by molar-refractivity contribution is 9.10. The van der Waals surface area contributed by atoms with Crippen molar-refractivity contribution in [3.05, 3.63) is 51.6 Å². The largest absolute Gasteiger partial charge is 0.446 e. The van der Waals surface area contributed by atoms with Crippen molar-refractivity contribution in [3.63, 3.8) is 0 Å². The first-order chi connectivity index (χ1) is 7.99. The van der Waals surface area contributed by atoms with Crippen LogP contribution in [-0.2, 0) is 0 Å². The fraction of sp³-hybridized carbons (Fsp3) is 0.0833. The molecule has 2 rings (SSSR count). The van der Waals surface area contributed by atoms with Crippen LogP contribution >= 0.6 is 15.9 Å². The summed E-state index contributed by atoms with van der Waals surface area (Å²) < 4.78 is 19.3. The average molecular weight is 298 g/mol. The van der Waals surface area contributed by atoms with E-state index in [9.17, 15) is 9.18 Å². The summed E-state index contributed by atoms with van der Waals surface area (Å²) in [6.07, 6.45) is 0. The Labute approximate surface area is 106 Å². The molecule has 0 unspecified atom stereocenters. The van der Waals surface area contributed by atoms with E-state index in [1.54, 1.807) is 13.0 Å². The molecule has 0 bridgehead atoms. The first-order valence-corrected chi connectivity index (χ1v) is 5.64. The van der Waals surface area contributed by atoms with Crippen LogP contribution in [0.25, 0.3) is 0 Å². The van der Waals surface area contributed by atoms with E-state index in [2.05, 4.69) is 15.9 Å². The van der Waals surface area contributed by atoms with E-state index in [0.29, 0.717) is 15.9 Å². The van der Waals surface area contributed by atoms with Crippen LogP contribution in [0.2, 0.25) is 0 Å². The SMILES string of the molecule is Cc1cc(N)cc(C(=O)c2ccc(Br)o2)c1F. The molecule has 1 aromatic heterocycles. The molecule has 0 atom stereocenters. The summed E-state index contributed by atoms with van der Waals surface area (Å²) in [6.45, 7) is 1.56. The molecule has 1 heterocycles. The van der Waals surface area contributed by atoms with Gasteiger partial charge >= 0.3 is 0 Å². The van der Waals surface area contributed by atoms with Gasteiger partial charge in [-0.15, -0.1) is 0 Å². The lowest BCUT2D eigenvalue weighted by Gasteiger charge is -2.05. The Morgan fingerprint density at radius 1 is 1.41 bits per heavy atom. The first-order valence-electron chi connectivity index (χ1n) is 4.84. The molecule has 0 aliphatic rings. The Morgan fingerprint density at radius 3 is 2.71 bits per heavy atom. The summed E-state index contributed by atoms with van der Waals surface area (Å²) in [5.41, 5.74) is 6.19. The second kappa shape index (κ2) is 4.33. The second-order valence-electron chi connectivity index (χ2n) is 3.63. The van der Waals surface area contributed by atoms with Crippen molar-refractivity contribution in [2.24, 2.45) is 0 Å². The lowest BCUT2D eigenvalue weighted by Crippen LogP contribution is -2.06. The molecule has 88 valence electrons. The maximum Gasteiger partial charge on any atom is 0.231 e. The first kappa shape index (κ1) is 11.9. The van der Waals surface area contributed by atoms with Crippen molar-refractivity contribution < 1.29 is 13.6 Å². The van der Waals surface area contributed by atoms with Gasteiger partial charge in [-0.2, -0.15) is 0 Å². The number of rotatable bonds is 2. The predicted molar refractivity (Wildman–Crippen MR) is 65.4 cm³/mol. The number of ketones is 1. The van der Waals surface area contributed by atoms with Crippen LogP contribution in [0.4, 0.5) is 10.1 Å². The summed E-state index contributed by atoms with van der Waals surface area (Å²) in [5, 5.41) is 0. The van der Waals surface area contributed by atoms with Crippen molar-refractivity contribution in [2.45, 2.75) is 6.92 Å². The fourth-order valence-corrected chi connectivity index (χ4v) is 1.84. The molecule has 0 aliphatic heterocycles. The number of carbonyl (C=O) groups is 1. The predicted octanol–water partition coefficient (Wildman–Crippen LogP) is 3.30. The van der Waals surface area contributed by atoms with E-state index in [-0.39, 0.29) is 11.3 Å². The van der Waals surface area contributed by atoms with E-state index in [1.165, 1.54) is 18.2 Å². The number of furan rings is 1. The van der Waals surface area contributed by atoms with Crippen molar-refractivity contribution in [3.8, 4) is 0 Å². The van der Waals surface area contributed by atoms with Gasteiger partial charge in [-0.25, -0.2) is 4.39 Å². The van der Waals surface area contributed by atoms with E-state index >= 15 is 0 Å². The number of aryl methyl sites for hydroxylation is 1. The van der Waals surface area contributed by atoms with Crippen LogP contribution in [0, 0.1) is 12.7 Å². The molecule has 2 N–H and O–H groups in total. The number of nitrogen functional groups attached to an aromatic ring is 1. The Morgan fingerprint density at radius 2 is 2.12 bits per heavy atom. The number of benzene rings is 1. The number of halogens is 2.